The summed E-state index contributed by atoms with van der Waals surface area (Å²) in [5, 5.41) is 1.98. The second-order valence-electron chi connectivity index (χ2n) is 3.69. The van der Waals surface area contributed by atoms with Gasteiger partial charge in [-0.3, -0.25) is 5.84 Å². The molecule has 0 saturated carbocycles. The lowest BCUT2D eigenvalue weighted by atomic mass is 10.0. The molecule has 0 aliphatic heterocycles. The molecule has 0 aliphatic carbocycles. The smallest absolute Gasteiger partial charge is 0.134 e. The molecule has 1 heterocycles. The maximum absolute atomic E-state index is 5.69. The Morgan fingerprint density at radius 2 is 1.83 bits per heavy atom. The highest BCUT2D eigenvalue weighted by molar-refractivity contribution is 7.10. The van der Waals surface area contributed by atoms with Crippen LogP contribution in [-0.4, -0.2) is 14.2 Å². The van der Waals surface area contributed by atoms with Crippen molar-refractivity contribution in [1.82, 2.24) is 5.43 Å². The van der Waals surface area contributed by atoms with Crippen LogP contribution in [-0.2, 0) is 0 Å². The molecule has 0 amide bonds. The highest BCUT2D eigenvalue weighted by Gasteiger charge is 2.21. The standard InChI is InChI=1S/C13H16N2O2S/c1-16-10-6-4-3-5-9(10)12(15-14)13-11(17-2)7-8-18-13/h3-8,12,15H,14H2,1-2H3. The Kier molecular flexibility index (Phi) is 4.19. The summed E-state index contributed by atoms with van der Waals surface area (Å²) in [7, 11) is 3.30. The quantitative estimate of drug-likeness (QED) is 0.643. The molecule has 18 heavy (non-hydrogen) atoms. The van der Waals surface area contributed by atoms with Crippen molar-refractivity contribution in [3.05, 3.63) is 46.2 Å². The van der Waals surface area contributed by atoms with Gasteiger partial charge in [-0.25, -0.2) is 5.43 Å². The molecular formula is C13H16N2O2S. The first-order chi connectivity index (χ1) is 8.81. The zero-order valence-corrected chi connectivity index (χ0v) is 11.2. The van der Waals surface area contributed by atoms with Crippen LogP contribution < -0.4 is 20.7 Å². The van der Waals surface area contributed by atoms with Gasteiger partial charge in [0.05, 0.1) is 25.1 Å². The van der Waals surface area contributed by atoms with E-state index in [9.17, 15) is 0 Å². The van der Waals surface area contributed by atoms with Gasteiger partial charge in [-0.15, -0.1) is 11.3 Å². The second-order valence-corrected chi connectivity index (χ2v) is 4.64. The predicted molar refractivity (Wildman–Crippen MR) is 73.0 cm³/mol. The van der Waals surface area contributed by atoms with Gasteiger partial charge in [0.1, 0.15) is 11.5 Å². The lowest BCUT2D eigenvalue weighted by Gasteiger charge is -2.18. The molecule has 1 aromatic carbocycles. The number of benzene rings is 1. The third-order valence-corrected chi connectivity index (χ3v) is 3.72. The van der Waals surface area contributed by atoms with Crippen LogP contribution in [0.25, 0.3) is 0 Å². The molecule has 2 aromatic rings. The van der Waals surface area contributed by atoms with Crippen molar-refractivity contribution < 1.29 is 9.47 Å². The van der Waals surface area contributed by atoms with E-state index in [-0.39, 0.29) is 6.04 Å². The van der Waals surface area contributed by atoms with E-state index in [1.165, 1.54) is 0 Å². The lowest BCUT2D eigenvalue weighted by Crippen LogP contribution is -2.28. The maximum atomic E-state index is 5.69. The summed E-state index contributed by atoms with van der Waals surface area (Å²) >= 11 is 1.60. The predicted octanol–water partition coefficient (Wildman–Crippen LogP) is 2.32. The minimum Gasteiger partial charge on any atom is -0.496 e. The van der Waals surface area contributed by atoms with Gasteiger partial charge in [-0.1, -0.05) is 18.2 Å². The van der Waals surface area contributed by atoms with Crippen molar-refractivity contribution in [2.75, 3.05) is 14.2 Å². The van der Waals surface area contributed by atoms with Gasteiger partial charge >= 0.3 is 0 Å². The van der Waals surface area contributed by atoms with Gasteiger partial charge in [0.25, 0.3) is 0 Å². The highest BCUT2D eigenvalue weighted by Crippen LogP contribution is 2.37. The molecule has 3 N–H and O–H groups in total. The number of hydrazine groups is 1. The number of thiophene rings is 1. The van der Waals surface area contributed by atoms with Gasteiger partial charge in [0.2, 0.25) is 0 Å². The molecule has 0 spiro atoms. The second kappa shape index (κ2) is 5.86. The molecular weight excluding hydrogens is 248 g/mol. The number of hydrogen-bond acceptors (Lipinski definition) is 5. The monoisotopic (exact) mass is 264 g/mol. The lowest BCUT2D eigenvalue weighted by molar-refractivity contribution is 0.396. The van der Waals surface area contributed by atoms with Crippen molar-refractivity contribution in [2.24, 2.45) is 5.84 Å². The number of para-hydroxylation sites is 1. The van der Waals surface area contributed by atoms with Crippen LogP contribution >= 0.6 is 11.3 Å². The average molecular weight is 264 g/mol. The molecule has 96 valence electrons. The molecule has 5 heteroatoms. The molecule has 0 radical (unpaired) electrons. The summed E-state index contributed by atoms with van der Waals surface area (Å²) in [5.41, 5.74) is 3.81. The van der Waals surface area contributed by atoms with Gasteiger partial charge in [-0.05, 0) is 17.5 Å². The highest BCUT2D eigenvalue weighted by atomic mass is 32.1. The number of methoxy groups -OCH3 is 2. The van der Waals surface area contributed by atoms with Crippen LogP contribution in [0.3, 0.4) is 0 Å². The van der Waals surface area contributed by atoms with Crippen molar-refractivity contribution in [2.45, 2.75) is 6.04 Å². The Morgan fingerprint density at radius 3 is 2.50 bits per heavy atom. The van der Waals surface area contributed by atoms with Gasteiger partial charge < -0.3 is 9.47 Å². The number of hydrogen-bond donors (Lipinski definition) is 2. The number of rotatable bonds is 5. The molecule has 1 aromatic heterocycles. The maximum Gasteiger partial charge on any atom is 0.134 e. The normalized spacial score (nSPS) is 12.2. The first-order valence-electron chi connectivity index (χ1n) is 5.52. The number of nitrogens with two attached hydrogens (primary N) is 1. The average Bonchev–Trinajstić information content (AvgIpc) is 2.88. The summed E-state index contributed by atoms with van der Waals surface area (Å²) in [4.78, 5) is 1.03. The van der Waals surface area contributed by atoms with E-state index < -0.39 is 0 Å². The Bertz CT molecular complexity index is 513. The fourth-order valence-corrected chi connectivity index (χ4v) is 2.84. The molecule has 0 aliphatic rings. The molecule has 0 saturated heterocycles. The summed E-state index contributed by atoms with van der Waals surface area (Å²) in [6.07, 6.45) is 0. The van der Waals surface area contributed by atoms with E-state index in [0.717, 1.165) is 21.9 Å². The summed E-state index contributed by atoms with van der Waals surface area (Å²) in [5.74, 6) is 7.32. The fourth-order valence-electron chi connectivity index (χ4n) is 1.90. The summed E-state index contributed by atoms with van der Waals surface area (Å²) in [6, 6.07) is 9.59. The van der Waals surface area contributed by atoms with Crippen LogP contribution in [0.4, 0.5) is 0 Å². The van der Waals surface area contributed by atoms with E-state index >= 15 is 0 Å². The van der Waals surface area contributed by atoms with Crippen molar-refractivity contribution in [3.8, 4) is 11.5 Å². The Hall–Kier alpha value is -1.56. The third-order valence-electron chi connectivity index (χ3n) is 2.76. The van der Waals surface area contributed by atoms with Crippen molar-refractivity contribution in [3.63, 3.8) is 0 Å². The van der Waals surface area contributed by atoms with Crippen molar-refractivity contribution >= 4 is 11.3 Å². The van der Waals surface area contributed by atoms with Crippen LogP contribution in [0.2, 0.25) is 0 Å². The first-order valence-corrected chi connectivity index (χ1v) is 6.40. The van der Waals surface area contributed by atoms with Gasteiger partial charge in [-0.2, -0.15) is 0 Å². The van der Waals surface area contributed by atoms with Crippen LogP contribution in [0, 0.1) is 0 Å². The third kappa shape index (κ3) is 2.33. The zero-order chi connectivity index (χ0) is 13.0. The Balaban J connectivity index is 2.45. The SMILES string of the molecule is COc1ccccc1C(NN)c1sccc1OC. The largest absolute Gasteiger partial charge is 0.496 e. The minimum atomic E-state index is -0.143. The number of nitrogens with one attached hydrogen (secondary N) is 1. The molecule has 1 unspecified atom stereocenters. The Labute approximate surface area is 110 Å². The Morgan fingerprint density at radius 1 is 1.11 bits per heavy atom. The fraction of sp³-hybridized carbons (Fsp3) is 0.231. The van der Waals surface area contributed by atoms with Crippen molar-refractivity contribution in [1.29, 1.82) is 0 Å². The number of ether oxygens (including phenoxy) is 2. The van der Waals surface area contributed by atoms with E-state index in [1.807, 2.05) is 35.7 Å². The van der Waals surface area contributed by atoms with Crippen LogP contribution in [0.5, 0.6) is 11.5 Å². The molecule has 4 nitrogen and oxygen atoms in total. The molecule has 0 bridgehead atoms. The van der Waals surface area contributed by atoms with E-state index in [4.69, 9.17) is 15.3 Å². The molecule has 0 fully saturated rings. The summed E-state index contributed by atoms with van der Waals surface area (Å²) in [6.45, 7) is 0. The zero-order valence-electron chi connectivity index (χ0n) is 10.3. The molecule has 2 rings (SSSR count). The minimum absolute atomic E-state index is 0.143. The van der Waals surface area contributed by atoms with E-state index in [0.29, 0.717) is 0 Å². The summed E-state index contributed by atoms with van der Waals surface area (Å²) < 4.78 is 10.7. The first kappa shape index (κ1) is 12.9. The molecule has 1 atom stereocenters. The van der Waals surface area contributed by atoms with E-state index in [2.05, 4.69) is 5.43 Å². The van der Waals surface area contributed by atoms with Gasteiger partial charge in [0, 0.05) is 5.56 Å². The topological polar surface area (TPSA) is 56.5 Å². The van der Waals surface area contributed by atoms with E-state index in [1.54, 1.807) is 25.6 Å². The van der Waals surface area contributed by atoms with Gasteiger partial charge in [0.15, 0.2) is 0 Å². The van der Waals surface area contributed by atoms with Crippen LogP contribution in [0.1, 0.15) is 16.5 Å². The van der Waals surface area contributed by atoms with Crippen LogP contribution in [0.15, 0.2) is 35.7 Å².